The number of fused-ring (bicyclic) bond motifs is 1. The number of methoxy groups -OCH3 is 3. The van der Waals surface area contributed by atoms with Crippen LogP contribution < -0.4 is 19.5 Å². The van der Waals surface area contributed by atoms with Gasteiger partial charge in [-0.2, -0.15) is 5.11 Å². The molecule has 0 saturated heterocycles. The van der Waals surface area contributed by atoms with Crippen molar-refractivity contribution in [3.05, 3.63) is 72.3 Å². The first kappa shape index (κ1) is 30.8. The number of sulfone groups is 1. The van der Waals surface area contributed by atoms with Crippen molar-refractivity contribution in [2.45, 2.75) is 11.8 Å². The Kier molecular flexibility index (Phi) is 9.46. The lowest BCUT2D eigenvalue weighted by molar-refractivity contribution is -0.140. The zero-order valence-electron chi connectivity index (χ0n) is 23.8. The number of carbonyl (C=O) groups is 2. The fourth-order valence-corrected chi connectivity index (χ4v) is 5.47. The first-order valence-corrected chi connectivity index (χ1v) is 14.5. The highest BCUT2D eigenvalue weighted by Gasteiger charge is 2.23. The third-order valence-corrected chi connectivity index (χ3v) is 8.00. The molecule has 2 N–H and O–H groups in total. The van der Waals surface area contributed by atoms with E-state index in [0.29, 0.717) is 28.0 Å². The lowest BCUT2D eigenvalue weighted by atomic mass is 10.0. The van der Waals surface area contributed by atoms with E-state index in [9.17, 15) is 23.1 Å². The van der Waals surface area contributed by atoms with Crippen LogP contribution >= 0.6 is 0 Å². The molecule has 0 heterocycles. The number of aromatic hydroxyl groups is 1. The molecule has 0 aliphatic rings. The number of azo groups is 1. The normalized spacial score (nSPS) is 11.3. The van der Waals surface area contributed by atoms with E-state index < -0.39 is 27.5 Å². The molecule has 0 saturated carbocycles. The number of benzene rings is 4. The van der Waals surface area contributed by atoms with Crippen molar-refractivity contribution in [2.24, 2.45) is 10.2 Å². The first-order chi connectivity index (χ1) is 20.6. The number of nitrogens with zero attached hydrogens (tertiary/aromatic N) is 2. The summed E-state index contributed by atoms with van der Waals surface area (Å²) in [6.07, 6.45) is 0. The van der Waals surface area contributed by atoms with Crippen molar-refractivity contribution < 1.29 is 42.1 Å². The summed E-state index contributed by atoms with van der Waals surface area (Å²) in [5.41, 5.74) is 0.442. The molecule has 0 aliphatic carbocycles. The van der Waals surface area contributed by atoms with Crippen LogP contribution in [0.3, 0.4) is 0 Å². The number of phenols is 1. The Hall–Kier alpha value is -5.17. The van der Waals surface area contributed by atoms with Gasteiger partial charge >= 0.3 is 5.97 Å². The molecule has 4 aromatic rings. The highest BCUT2D eigenvalue weighted by atomic mass is 32.2. The van der Waals surface area contributed by atoms with E-state index in [2.05, 4.69) is 15.5 Å². The second-order valence-electron chi connectivity index (χ2n) is 9.05. The molecular weight excluding hydrogens is 578 g/mol. The summed E-state index contributed by atoms with van der Waals surface area (Å²) in [7, 11) is 0.391. The molecule has 1 amide bonds. The second kappa shape index (κ2) is 13.2. The van der Waals surface area contributed by atoms with Gasteiger partial charge in [0.2, 0.25) is 0 Å². The van der Waals surface area contributed by atoms with Gasteiger partial charge in [-0.15, -0.1) is 5.11 Å². The summed E-state index contributed by atoms with van der Waals surface area (Å²) >= 11 is 0. The van der Waals surface area contributed by atoms with Crippen LogP contribution in [0.4, 0.5) is 17.1 Å². The molecule has 0 spiro atoms. The molecule has 0 radical (unpaired) electrons. The molecule has 4 aromatic carbocycles. The number of phenolic OH excluding ortho intramolecular Hbond substituents is 1. The molecule has 0 atom stereocenters. The van der Waals surface area contributed by atoms with Crippen molar-refractivity contribution in [1.82, 2.24) is 0 Å². The van der Waals surface area contributed by atoms with Gasteiger partial charge in [0.25, 0.3) is 5.91 Å². The minimum Gasteiger partial charge on any atom is -0.507 e. The minimum atomic E-state index is -3.86. The summed E-state index contributed by atoms with van der Waals surface area (Å²) in [6.45, 7) is 0.882. The van der Waals surface area contributed by atoms with Gasteiger partial charge in [0.15, 0.2) is 9.84 Å². The lowest BCUT2D eigenvalue weighted by Crippen LogP contribution is -2.15. The fourth-order valence-electron chi connectivity index (χ4n) is 4.23. The van der Waals surface area contributed by atoms with Crippen molar-refractivity contribution >= 4 is 49.5 Å². The van der Waals surface area contributed by atoms with Crippen LogP contribution in [0.2, 0.25) is 0 Å². The van der Waals surface area contributed by atoms with Crippen molar-refractivity contribution in [1.29, 1.82) is 0 Å². The number of esters is 1. The molecule has 43 heavy (non-hydrogen) atoms. The Morgan fingerprint density at radius 3 is 2.33 bits per heavy atom. The van der Waals surface area contributed by atoms with Crippen LogP contribution in [0, 0.1) is 0 Å². The van der Waals surface area contributed by atoms with Crippen LogP contribution in [0.25, 0.3) is 10.8 Å². The number of nitrogens with one attached hydrogen (secondary N) is 1. The standard InChI is InChI=1S/C30H29N3O9S/c1-18(34)42-13-14-43(37,38)27-12-9-20(16-26(27)41-4)32-33-29-22-8-6-5-7-19(22)15-24(35)28(29)30(36)31-23-17-21(39-2)10-11-25(23)40-3/h5-12,15-17,35H,13-14H2,1-4H3,(H,31,36). The Bertz CT molecular complexity index is 1820. The summed E-state index contributed by atoms with van der Waals surface area (Å²) in [5, 5.41) is 23.4. The van der Waals surface area contributed by atoms with E-state index in [1.165, 1.54) is 52.5 Å². The van der Waals surface area contributed by atoms with Gasteiger partial charge in [-0.3, -0.25) is 9.59 Å². The number of hydrogen-bond acceptors (Lipinski definition) is 11. The summed E-state index contributed by atoms with van der Waals surface area (Å²) in [6, 6.07) is 17.4. The average Bonchev–Trinajstić information content (AvgIpc) is 2.98. The smallest absolute Gasteiger partial charge is 0.302 e. The number of hydrogen-bond donors (Lipinski definition) is 2. The van der Waals surface area contributed by atoms with Crippen LogP contribution in [0.15, 0.2) is 81.9 Å². The minimum absolute atomic E-state index is 0.00290. The molecule has 0 fully saturated rings. The quantitative estimate of drug-likeness (QED) is 0.164. The first-order valence-electron chi connectivity index (χ1n) is 12.8. The maximum Gasteiger partial charge on any atom is 0.302 e. The molecule has 13 heteroatoms. The predicted molar refractivity (Wildman–Crippen MR) is 159 cm³/mol. The monoisotopic (exact) mass is 607 g/mol. The summed E-state index contributed by atoms with van der Waals surface area (Å²) in [4.78, 5) is 24.5. The SMILES string of the molecule is COc1ccc(OC)c(NC(=O)c2c(O)cc3ccccc3c2N=Nc2ccc(S(=O)(=O)CCOC(C)=O)c(OC)c2)c1. The number of amides is 1. The second-order valence-corrected chi connectivity index (χ2v) is 11.1. The highest BCUT2D eigenvalue weighted by molar-refractivity contribution is 7.91. The topological polar surface area (TPSA) is 162 Å². The maximum absolute atomic E-state index is 13.6. The molecule has 0 aliphatic heterocycles. The van der Waals surface area contributed by atoms with Gasteiger partial charge in [0, 0.05) is 24.4 Å². The molecule has 224 valence electrons. The number of ether oxygens (including phenoxy) is 4. The van der Waals surface area contributed by atoms with Crippen molar-refractivity contribution in [3.8, 4) is 23.0 Å². The van der Waals surface area contributed by atoms with E-state index in [4.69, 9.17) is 18.9 Å². The predicted octanol–water partition coefficient (Wildman–Crippen LogP) is 5.58. The Balaban J connectivity index is 1.74. The van der Waals surface area contributed by atoms with E-state index >= 15 is 0 Å². The molecule has 4 rings (SSSR count). The molecule has 12 nitrogen and oxygen atoms in total. The van der Waals surface area contributed by atoms with Crippen molar-refractivity contribution in [2.75, 3.05) is 39.0 Å². The van der Waals surface area contributed by atoms with E-state index in [1.807, 2.05) is 0 Å². The van der Waals surface area contributed by atoms with Crippen LogP contribution in [-0.4, -0.2) is 59.1 Å². The molecule has 0 unspecified atom stereocenters. The van der Waals surface area contributed by atoms with E-state index in [1.54, 1.807) is 42.5 Å². The van der Waals surface area contributed by atoms with Gasteiger partial charge in [-0.1, -0.05) is 24.3 Å². The number of rotatable bonds is 11. The van der Waals surface area contributed by atoms with Gasteiger partial charge < -0.3 is 29.4 Å². The van der Waals surface area contributed by atoms with Gasteiger partial charge in [-0.05, 0) is 35.7 Å². The van der Waals surface area contributed by atoms with Gasteiger partial charge in [0.05, 0.1) is 38.5 Å². The average molecular weight is 608 g/mol. The van der Waals surface area contributed by atoms with E-state index in [-0.39, 0.29) is 39.9 Å². The maximum atomic E-state index is 13.6. The Morgan fingerprint density at radius 2 is 1.63 bits per heavy atom. The van der Waals surface area contributed by atoms with Gasteiger partial charge in [-0.25, -0.2) is 8.42 Å². The Morgan fingerprint density at radius 1 is 0.884 bits per heavy atom. The number of carbonyl (C=O) groups excluding carboxylic acids is 2. The van der Waals surface area contributed by atoms with Gasteiger partial charge in [0.1, 0.15) is 45.8 Å². The highest BCUT2D eigenvalue weighted by Crippen LogP contribution is 2.39. The van der Waals surface area contributed by atoms with E-state index in [0.717, 1.165) is 0 Å². The molecular formula is C30H29N3O9S. The molecule has 0 aromatic heterocycles. The zero-order valence-corrected chi connectivity index (χ0v) is 24.6. The fraction of sp³-hybridized carbons (Fsp3) is 0.200. The zero-order chi connectivity index (χ0) is 31.1. The largest absolute Gasteiger partial charge is 0.507 e. The van der Waals surface area contributed by atoms with Crippen LogP contribution in [0.5, 0.6) is 23.0 Å². The Labute approximate surface area is 247 Å². The summed E-state index contributed by atoms with van der Waals surface area (Å²) < 4.78 is 46.3. The third-order valence-electron chi connectivity index (χ3n) is 6.29. The third kappa shape index (κ3) is 7.01. The number of anilines is 1. The van der Waals surface area contributed by atoms with Crippen LogP contribution in [-0.2, 0) is 19.4 Å². The lowest BCUT2D eigenvalue weighted by Gasteiger charge is -2.14. The van der Waals surface area contributed by atoms with Crippen molar-refractivity contribution in [3.63, 3.8) is 0 Å². The molecule has 0 bridgehead atoms. The van der Waals surface area contributed by atoms with Crippen LogP contribution in [0.1, 0.15) is 17.3 Å². The summed E-state index contributed by atoms with van der Waals surface area (Å²) in [5.74, 6) is -1.20.